The quantitative estimate of drug-likeness (QED) is 0.508. The van der Waals surface area contributed by atoms with E-state index < -0.39 is 0 Å². The zero-order valence-electron chi connectivity index (χ0n) is 13.2. The van der Waals surface area contributed by atoms with E-state index in [1.807, 2.05) is 0 Å². The highest BCUT2D eigenvalue weighted by Gasteiger charge is 2.35. The van der Waals surface area contributed by atoms with Crippen molar-refractivity contribution < 1.29 is 0 Å². The summed E-state index contributed by atoms with van der Waals surface area (Å²) in [6.07, 6.45) is 15.5. The molecule has 3 unspecified atom stereocenters. The van der Waals surface area contributed by atoms with Crippen LogP contribution in [0.3, 0.4) is 0 Å². The Morgan fingerprint density at radius 2 is 1.89 bits per heavy atom. The van der Waals surface area contributed by atoms with Crippen LogP contribution in [0.1, 0.15) is 66.2 Å². The van der Waals surface area contributed by atoms with Gasteiger partial charge in [-0.25, -0.2) is 0 Å². The summed E-state index contributed by atoms with van der Waals surface area (Å²) >= 11 is 0. The van der Waals surface area contributed by atoms with Crippen molar-refractivity contribution in [1.29, 1.82) is 0 Å². The van der Waals surface area contributed by atoms with E-state index in [9.17, 15) is 0 Å². The van der Waals surface area contributed by atoms with E-state index in [0.717, 1.165) is 17.8 Å². The molecule has 2 aliphatic carbocycles. The molecular weight excluding hydrogens is 228 g/mol. The monoisotopic (exact) mass is 258 g/mol. The molecule has 2 bridgehead atoms. The van der Waals surface area contributed by atoms with Gasteiger partial charge in [-0.2, -0.15) is 0 Å². The van der Waals surface area contributed by atoms with E-state index in [0.29, 0.717) is 0 Å². The molecule has 0 heterocycles. The van der Waals surface area contributed by atoms with Crippen LogP contribution in [0.15, 0.2) is 34.9 Å². The molecule has 0 aromatic heterocycles. The maximum absolute atomic E-state index is 2.49. The van der Waals surface area contributed by atoms with Gasteiger partial charge >= 0.3 is 0 Å². The second kappa shape index (κ2) is 6.59. The molecule has 3 atom stereocenters. The molecule has 0 radical (unpaired) electrons. The molecule has 0 aromatic carbocycles. The van der Waals surface area contributed by atoms with Crippen molar-refractivity contribution in [2.45, 2.75) is 66.2 Å². The summed E-state index contributed by atoms with van der Waals surface area (Å²) in [5.74, 6) is 2.77. The lowest BCUT2D eigenvalue weighted by Gasteiger charge is -2.20. The smallest absolute Gasteiger partial charge is 0.0196 e. The Morgan fingerprint density at radius 3 is 2.42 bits per heavy atom. The van der Waals surface area contributed by atoms with Gasteiger partial charge in [0.1, 0.15) is 0 Å². The third-order valence-corrected chi connectivity index (χ3v) is 5.25. The first-order chi connectivity index (χ1) is 9.10. The Bertz CT molecular complexity index is 390. The fourth-order valence-electron chi connectivity index (χ4n) is 3.66. The first kappa shape index (κ1) is 14.6. The summed E-state index contributed by atoms with van der Waals surface area (Å²) in [4.78, 5) is 0. The molecule has 0 aliphatic heterocycles. The van der Waals surface area contributed by atoms with E-state index in [-0.39, 0.29) is 0 Å². The van der Waals surface area contributed by atoms with Crippen molar-refractivity contribution in [3.05, 3.63) is 34.9 Å². The van der Waals surface area contributed by atoms with Crippen LogP contribution in [0.4, 0.5) is 0 Å². The predicted octanol–water partition coefficient (Wildman–Crippen LogP) is 6.06. The summed E-state index contributed by atoms with van der Waals surface area (Å²) in [5.41, 5.74) is 4.78. The first-order valence-corrected chi connectivity index (χ1v) is 8.05. The van der Waals surface area contributed by atoms with Crippen molar-refractivity contribution in [3.8, 4) is 0 Å². The van der Waals surface area contributed by atoms with Crippen molar-refractivity contribution in [1.82, 2.24) is 0 Å². The van der Waals surface area contributed by atoms with E-state index in [4.69, 9.17) is 0 Å². The molecule has 0 spiro atoms. The molecule has 106 valence electrons. The molecule has 0 aromatic rings. The van der Waals surface area contributed by atoms with Gasteiger partial charge in [-0.3, -0.25) is 0 Å². The molecule has 2 aliphatic rings. The Kier molecular flexibility index (Phi) is 5.07. The molecule has 0 amide bonds. The van der Waals surface area contributed by atoms with E-state index in [2.05, 4.69) is 45.9 Å². The average molecular weight is 258 g/mol. The normalized spacial score (nSPS) is 29.1. The highest BCUT2D eigenvalue weighted by Crippen LogP contribution is 2.46. The lowest BCUT2D eigenvalue weighted by molar-refractivity contribution is 0.437. The Hall–Kier alpha value is -0.780. The number of rotatable bonds is 6. The van der Waals surface area contributed by atoms with Crippen molar-refractivity contribution in [2.75, 3.05) is 0 Å². The lowest BCUT2D eigenvalue weighted by Crippen LogP contribution is -2.08. The van der Waals surface area contributed by atoms with Crippen LogP contribution in [-0.2, 0) is 0 Å². The van der Waals surface area contributed by atoms with Gasteiger partial charge in [-0.1, -0.05) is 34.9 Å². The molecule has 0 N–H and O–H groups in total. The summed E-state index contributed by atoms with van der Waals surface area (Å²) < 4.78 is 0. The highest BCUT2D eigenvalue weighted by atomic mass is 14.4. The second-order valence-corrected chi connectivity index (χ2v) is 6.83. The van der Waals surface area contributed by atoms with Crippen LogP contribution in [0.25, 0.3) is 0 Å². The zero-order valence-corrected chi connectivity index (χ0v) is 13.2. The Morgan fingerprint density at radius 1 is 1.11 bits per heavy atom. The summed E-state index contributed by atoms with van der Waals surface area (Å²) in [5, 5.41) is 0. The summed E-state index contributed by atoms with van der Waals surface area (Å²) in [6.45, 7) is 8.97. The largest absolute Gasteiger partial charge is 0.0884 e. The predicted molar refractivity (Wildman–Crippen MR) is 85.1 cm³/mol. The van der Waals surface area contributed by atoms with Gasteiger partial charge in [0.05, 0.1) is 0 Å². The Balaban J connectivity index is 1.76. The van der Waals surface area contributed by atoms with Crippen LogP contribution < -0.4 is 0 Å². The van der Waals surface area contributed by atoms with Crippen LogP contribution >= 0.6 is 0 Å². The first-order valence-electron chi connectivity index (χ1n) is 8.05. The van der Waals surface area contributed by atoms with E-state index >= 15 is 0 Å². The second-order valence-electron chi connectivity index (χ2n) is 6.83. The van der Waals surface area contributed by atoms with Gasteiger partial charge in [0.15, 0.2) is 0 Å². The molecule has 0 saturated heterocycles. The fraction of sp³-hybridized carbons (Fsp3) is 0.684. The molecule has 0 nitrogen and oxygen atoms in total. The minimum absolute atomic E-state index is 0.902. The minimum Gasteiger partial charge on any atom is -0.0884 e. The third-order valence-electron chi connectivity index (χ3n) is 5.25. The van der Waals surface area contributed by atoms with Crippen LogP contribution in [-0.4, -0.2) is 0 Å². The number of hydrogen-bond acceptors (Lipinski definition) is 0. The number of hydrogen-bond donors (Lipinski definition) is 0. The van der Waals surface area contributed by atoms with Crippen LogP contribution in [0.5, 0.6) is 0 Å². The van der Waals surface area contributed by atoms with Crippen molar-refractivity contribution >= 4 is 0 Å². The maximum Gasteiger partial charge on any atom is -0.0196 e. The van der Waals surface area contributed by atoms with Crippen LogP contribution in [0.2, 0.25) is 0 Å². The summed E-state index contributed by atoms with van der Waals surface area (Å²) in [6, 6.07) is 0. The van der Waals surface area contributed by atoms with Crippen molar-refractivity contribution in [2.24, 2.45) is 17.8 Å². The summed E-state index contributed by atoms with van der Waals surface area (Å²) in [7, 11) is 0. The lowest BCUT2D eigenvalue weighted by atomic mass is 9.86. The van der Waals surface area contributed by atoms with Gasteiger partial charge in [0.2, 0.25) is 0 Å². The zero-order chi connectivity index (χ0) is 13.8. The fourth-order valence-corrected chi connectivity index (χ4v) is 3.66. The van der Waals surface area contributed by atoms with Gasteiger partial charge in [0, 0.05) is 0 Å². The average Bonchev–Trinajstić information content (AvgIpc) is 2.99. The van der Waals surface area contributed by atoms with Gasteiger partial charge in [0.25, 0.3) is 0 Å². The highest BCUT2D eigenvalue weighted by molar-refractivity contribution is 5.14. The number of fused-ring (bicyclic) bond motifs is 2. The molecule has 2 rings (SSSR count). The number of allylic oxidation sites excluding steroid dienone is 6. The van der Waals surface area contributed by atoms with Gasteiger partial charge in [-0.15, -0.1) is 0 Å². The maximum atomic E-state index is 2.49. The van der Waals surface area contributed by atoms with Gasteiger partial charge < -0.3 is 0 Å². The topological polar surface area (TPSA) is 0 Å². The van der Waals surface area contributed by atoms with Crippen molar-refractivity contribution in [3.63, 3.8) is 0 Å². The van der Waals surface area contributed by atoms with E-state index in [1.165, 1.54) is 44.1 Å². The third kappa shape index (κ3) is 3.84. The van der Waals surface area contributed by atoms with Gasteiger partial charge in [-0.05, 0) is 84.0 Å². The Labute approximate surface area is 119 Å². The molecule has 0 heteroatoms. The van der Waals surface area contributed by atoms with Crippen LogP contribution in [0, 0.1) is 17.8 Å². The molecular formula is C19H30. The standard InChI is InChI=1S/C19H30/c1-5-16(8-6-7-15(4)14(2)3)11-19-13-17-9-10-18(19)12-17/h5,9-10,17-19H,6-8,11-13H2,1-4H3. The molecule has 19 heavy (non-hydrogen) atoms. The molecule has 1 fully saturated rings. The SMILES string of the molecule is CC=C(CCCC(C)=C(C)C)CC1CC2C=CC1C2. The minimum atomic E-state index is 0.902. The van der Waals surface area contributed by atoms with E-state index in [1.54, 1.807) is 11.1 Å². The molecule has 1 saturated carbocycles.